The topological polar surface area (TPSA) is 97.1 Å². The first-order valence-corrected chi connectivity index (χ1v) is 7.56. The van der Waals surface area contributed by atoms with E-state index in [1.54, 1.807) is 6.07 Å². The summed E-state index contributed by atoms with van der Waals surface area (Å²) in [7, 11) is -3.56. The fourth-order valence-corrected chi connectivity index (χ4v) is 3.64. The van der Waals surface area contributed by atoms with Crippen LogP contribution in [0.4, 0.5) is 5.82 Å². The molecule has 1 aliphatic carbocycles. The van der Waals surface area contributed by atoms with Crippen molar-refractivity contribution in [3.8, 4) is 0 Å². The van der Waals surface area contributed by atoms with Crippen LogP contribution >= 0.6 is 0 Å². The minimum Gasteiger partial charge on any atom is -0.307 e. The van der Waals surface area contributed by atoms with E-state index in [-0.39, 0.29) is 16.8 Å². The van der Waals surface area contributed by atoms with Crippen LogP contribution in [0.2, 0.25) is 0 Å². The van der Waals surface area contributed by atoms with Crippen molar-refractivity contribution in [2.24, 2.45) is 5.84 Å². The lowest BCUT2D eigenvalue weighted by Gasteiger charge is -2.22. The van der Waals surface area contributed by atoms with Gasteiger partial charge in [-0.15, -0.1) is 0 Å². The molecule has 1 aromatic rings. The predicted molar refractivity (Wildman–Crippen MR) is 69.2 cm³/mol. The van der Waals surface area contributed by atoms with Crippen LogP contribution in [0.3, 0.4) is 0 Å². The van der Waals surface area contributed by atoms with Crippen molar-refractivity contribution in [1.29, 1.82) is 0 Å². The zero-order chi connectivity index (χ0) is 13.0. The SMILES string of the molecule is NNc1ncccc1S(=O)(=O)NC1CCCCC1. The van der Waals surface area contributed by atoms with Gasteiger partial charge in [0.15, 0.2) is 5.82 Å². The molecule has 2 rings (SSSR count). The van der Waals surface area contributed by atoms with Crippen LogP contribution in [-0.4, -0.2) is 19.4 Å². The molecule has 1 saturated carbocycles. The highest BCUT2D eigenvalue weighted by atomic mass is 32.2. The van der Waals surface area contributed by atoms with Gasteiger partial charge in [-0.1, -0.05) is 19.3 Å². The highest BCUT2D eigenvalue weighted by molar-refractivity contribution is 7.89. The molecule has 0 radical (unpaired) electrons. The maximum atomic E-state index is 12.2. The normalized spacial score (nSPS) is 17.6. The Morgan fingerprint density at radius 2 is 2.00 bits per heavy atom. The largest absolute Gasteiger partial charge is 0.307 e. The second-order valence-corrected chi connectivity index (χ2v) is 6.13. The van der Waals surface area contributed by atoms with Crippen molar-refractivity contribution in [1.82, 2.24) is 9.71 Å². The number of rotatable bonds is 4. The second-order valence-electron chi connectivity index (χ2n) is 4.45. The average molecular weight is 270 g/mol. The summed E-state index contributed by atoms with van der Waals surface area (Å²) < 4.78 is 27.2. The molecule has 18 heavy (non-hydrogen) atoms. The molecular formula is C11H18N4O2S. The molecule has 1 aromatic heterocycles. The number of nitrogens with zero attached hydrogens (tertiary/aromatic N) is 1. The monoisotopic (exact) mass is 270 g/mol. The Morgan fingerprint density at radius 3 is 2.67 bits per heavy atom. The van der Waals surface area contributed by atoms with Crippen LogP contribution in [0.5, 0.6) is 0 Å². The third-order valence-corrected chi connectivity index (χ3v) is 4.68. The Kier molecular flexibility index (Phi) is 4.15. The molecule has 0 aromatic carbocycles. The Morgan fingerprint density at radius 1 is 1.28 bits per heavy atom. The van der Waals surface area contributed by atoms with Crippen molar-refractivity contribution in [3.05, 3.63) is 18.3 Å². The molecule has 0 spiro atoms. The number of nitrogens with two attached hydrogens (primary N) is 1. The highest BCUT2D eigenvalue weighted by Crippen LogP contribution is 2.22. The van der Waals surface area contributed by atoms with Crippen molar-refractivity contribution >= 4 is 15.8 Å². The van der Waals surface area contributed by atoms with E-state index in [0.29, 0.717) is 0 Å². The molecule has 1 aliphatic rings. The van der Waals surface area contributed by atoms with Crippen molar-refractivity contribution < 1.29 is 8.42 Å². The minimum atomic E-state index is -3.56. The summed E-state index contributed by atoms with van der Waals surface area (Å²) in [6.07, 6.45) is 6.61. The summed E-state index contributed by atoms with van der Waals surface area (Å²) >= 11 is 0. The summed E-state index contributed by atoms with van der Waals surface area (Å²) in [4.78, 5) is 4.00. The summed E-state index contributed by atoms with van der Waals surface area (Å²) in [5, 5.41) is 0. The quantitative estimate of drug-likeness (QED) is 0.559. The molecule has 0 aliphatic heterocycles. The summed E-state index contributed by atoms with van der Waals surface area (Å²) in [5.41, 5.74) is 2.31. The summed E-state index contributed by atoms with van der Waals surface area (Å²) in [5.74, 6) is 5.44. The molecule has 0 saturated heterocycles. The third kappa shape index (κ3) is 2.98. The smallest absolute Gasteiger partial charge is 0.244 e. The van der Waals surface area contributed by atoms with Gasteiger partial charge < -0.3 is 5.43 Å². The number of hydrogen-bond acceptors (Lipinski definition) is 5. The van der Waals surface area contributed by atoms with E-state index < -0.39 is 10.0 Å². The van der Waals surface area contributed by atoms with E-state index in [2.05, 4.69) is 15.1 Å². The fourth-order valence-electron chi connectivity index (χ4n) is 2.22. The maximum absolute atomic E-state index is 12.2. The van der Waals surface area contributed by atoms with E-state index >= 15 is 0 Å². The molecule has 0 unspecified atom stereocenters. The van der Waals surface area contributed by atoms with E-state index in [0.717, 1.165) is 25.7 Å². The number of anilines is 1. The molecule has 1 heterocycles. The van der Waals surface area contributed by atoms with E-state index in [4.69, 9.17) is 5.84 Å². The van der Waals surface area contributed by atoms with Crippen LogP contribution in [0, 0.1) is 0 Å². The lowest BCUT2D eigenvalue weighted by molar-refractivity contribution is 0.412. The van der Waals surface area contributed by atoms with Gasteiger partial charge in [0.2, 0.25) is 10.0 Å². The number of nitrogens with one attached hydrogen (secondary N) is 2. The van der Waals surface area contributed by atoms with Gasteiger partial charge in [-0.05, 0) is 25.0 Å². The molecule has 0 atom stereocenters. The molecule has 100 valence electrons. The fraction of sp³-hybridized carbons (Fsp3) is 0.545. The van der Waals surface area contributed by atoms with Crippen LogP contribution in [0.1, 0.15) is 32.1 Å². The number of aromatic nitrogens is 1. The van der Waals surface area contributed by atoms with Gasteiger partial charge in [0.05, 0.1) is 0 Å². The van der Waals surface area contributed by atoms with Gasteiger partial charge >= 0.3 is 0 Å². The number of hydrazine groups is 1. The van der Waals surface area contributed by atoms with Crippen molar-refractivity contribution in [2.75, 3.05) is 5.43 Å². The molecule has 1 fully saturated rings. The Hall–Kier alpha value is -1.18. The number of pyridine rings is 1. The first kappa shape index (κ1) is 13.3. The summed E-state index contributed by atoms with van der Waals surface area (Å²) in [6.45, 7) is 0. The first-order chi connectivity index (χ1) is 8.63. The molecule has 4 N–H and O–H groups in total. The Bertz CT molecular complexity index is 498. The minimum absolute atomic E-state index is 0.0228. The van der Waals surface area contributed by atoms with Gasteiger partial charge in [0, 0.05) is 12.2 Å². The van der Waals surface area contributed by atoms with Gasteiger partial charge in [-0.2, -0.15) is 0 Å². The van der Waals surface area contributed by atoms with Gasteiger partial charge in [0.25, 0.3) is 0 Å². The first-order valence-electron chi connectivity index (χ1n) is 6.07. The molecule has 0 bridgehead atoms. The zero-order valence-electron chi connectivity index (χ0n) is 10.1. The summed E-state index contributed by atoms with van der Waals surface area (Å²) in [6, 6.07) is 3.10. The standard InChI is InChI=1S/C11H18N4O2S/c12-14-11-10(7-4-8-13-11)18(16,17)15-9-5-2-1-3-6-9/h4,7-9,15H,1-3,5-6,12H2,(H,13,14). The zero-order valence-corrected chi connectivity index (χ0v) is 10.9. The van der Waals surface area contributed by atoms with Gasteiger partial charge in [0.1, 0.15) is 4.90 Å². The van der Waals surface area contributed by atoms with E-state index in [1.807, 2.05) is 0 Å². The maximum Gasteiger partial charge on any atom is 0.244 e. The van der Waals surface area contributed by atoms with Crippen LogP contribution in [-0.2, 0) is 10.0 Å². The van der Waals surface area contributed by atoms with E-state index in [9.17, 15) is 8.42 Å². The third-order valence-electron chi connectivity index (χ3n) is 3.12. The van der Waals surface area contributed by atoms with Crippen LogP contribution in [0.25, 0.3) is 0 Å². The lowest BCUT2D eigenvalue weighted by Crippen LogP contribution is -2.36. The Labute approximate surface area is 107 Å². The molecule has 6 nitrogen and oxygen atoms in total. The predicted octanol–water partition coefficient (Wildman–Crippen LogP) is 0.978. The van der Waals surface area contributed by atoms with Crippen LogP contribution in [0.15, 0.2) is 23.2 Å². The lowest BCUT2D eigenvalue weighted by atomic mass is 9.96. The van der Waals surface area contributed by atoms with Gasteiger partial charge in [-0.25, -0.2) is 24.0 Å². The number of sulfonamides is 1. The number of nitrogen functional groups attached to an aromatic ring is 1. The van der Waals surface area contributed by atoms with E-state index in [1.165, 1.54) is 18.7 Å². The highest BCUT2D eigenvalue weighted by Gasteiger charge is 2.24. The van der Waals surface area contributed by atoms with Crippen molar-refractivity contribution in [2.45, 2.75) is 43.0 Å². The van der Waals surface area contributed by atoms with Crippen molar-refractivity contribution in [3.63, 3.8) is 0 Å². The molecular weight excluding hydrogens is 252 g/mol. The van der Waals surface area contributed by atoms with Gasteiger partial charge in [-0.3, -0.25) is 0 Å². The molecule has 7 heteroatoms. The Balaban J connectivity index is 2.19. The number of hydrogen-bond donors (Lipinski definition) is 3. The van der Waals surface area contributed by atoms with Crippen LogP contribution < -0.4 is 16.0 Å². The molecule has 0 amide bonds. The average Bonchev–Trinajstić information content (AvgIpc) is 2.39. The second kappa shape index (κ2) is 5.64.